The predicted molar refractivity (Wildman–Crippen MR) is 78.8 cm³/mol. The summed E-state index contributed by atoms with van der Waals surface area (Å²) in [6.07, 6.45) is 4.37. The topological polar surface area (TPSA) is 103 Å². The summed E-state index contributed by atoms with van der Waals surface area (Å²) in [5.74, 6) is 0.0774. The van der Waals surface area contributed by atoms with Gasteiger partial charge in [0.1, 0.15) is 24.3 Å². The van der Waals surface area contributed by atoms with Crippen LogP contribution in [-0.4, -0.2) is 25.6 Å². The molecule has 1 N–H and O–H groups in total. The van der Waals surface area contributed by atoms with Crippen molar-refractivity contribution in [3.05, 3.63) is 45.3 Å². The van der Waals surface area contributed by atoms with Gasteiger partial charge in [-0.15, -0.1) is 0 Å². The highest BCUT2D eigenvalue weighted by Gasteiger charge is 2.22. The molecule has 0 bridgehead atoms. The van der Waals surface area contributed by atoms with Crippen LogP contribution in [0, 0.1) is 10.1 Å². The lowest BCUT2D eigenvalue weighted by atomic mass is 10.2. The van der Waals surface area contributed by atoms with Crippen LogP contribution in [0.2, 0.25) is 0 Å². The van der Waals surface area contributed by atoms with Gasteiger partial charge in [0.2, 0.25) is 5.91 Å². The standard InChI is InChI=1S/C12H12BrN5O3/c1-2-10(17-7-9(6-15-17)18(20)21)12(19)16-11-4-3-8(13)5-14-11/h3-7,10H,2H2,1H3,(H,14,16,19). The molecule has 2 heterocycles. The molecule has 0 aliphatic rings. The molecule has 21 heavy (non-hydrogen) atoms. The zero-order chi connectivity index (χ0) is 15.4. The highest BCUT2D eigenvalue weighted by molar-refractivity contribution is 9.10. The van der Waals surface area contributed by atoms with E-state index >= 15 is 0 Å². The summed E-state index contributed by atoms with van der Waals surface area (Å²) < 4.78 is 2.09. The minimum Gasteiger partial charge on any atom is -0.309 e. The Bertz CT molecular complexity index is 655. The Balaban J connectivity index is 2.14. The van der Waals surface area contributed by atoms with Gasteiger partial charge in [0.15, 0.2) is 0 Å². The van der Waals surface area contributed by atoms with Crippen LogP contribution in [0.1, 0.15) is 19.4 Å². The molecule has 8 nitrogen and oxygen atoms in total. The summed E-state index contributed by atoms with van der Waals surface area (Å²) >= 11 is 3.25. The summed E-state index contributed by atoms with van der Waals surface area (Å²) in [6.45, 7) is 1.80. The van der Waals surface area contributed by atoms with Gasteiger partial charge in [0.05, 0.1) is 4.92 Å². The maximum absolute atomic E-state index is 12.2. The van der Waals surface area contributed by atoms with Crippen LogP contribution in [-0.2, 0) is 4.79 Å². The molecular formula is C12H12BrN5O3. The molecule has 110 valence electrons. The second-order valence-corrected chi connectivity index (χ2v) is 5.13. The van der Waals surface area contributed by atoms with Crippen molar-refractivity contribution in [1.82, 2.24) is 14.8 Å². The zero-order valence-electron chi connectivity index (χ0n) is 11.1. The summed E-state index contributed by atoms with van der Waals surface area (Å²) in [5, 5.41) is 17.2. The number of rotatable bonds is 5. The number of nitrogens with one attached hydrogen (secondary N) is 1. The number of halogens is 1. The van der Waals surface area contributed by atoms with Crippen molar-refractivity contribution >= 4 is 33.3 Å². The van der Waals surface area contributed by atoms with Crippen LogP contribution in [0.5, 0.6) is 0 Å². The van der Waals surface area contributed by atoms with Crippen LogP contribution in [0.4, 0.5) is 11.5 Å². The minimum absolute atomic E-state index is 0.150. The molecule has 9 heteroatoms. The Morgan fingerprint density at radius 2 is 2.29 bits per heavy atom. The number of carbonyl (C=O) groups is 1. The first-order valence-electron chi connectivity index (χ1n) is 6.12. The lowest BCUT2D eigenvalue weighted by Gasteiger charge is -2.14. The highest BCUT2D eigenvalue weighted by atomic mass is 79.9. The molecule has 1 amide bonds. The van der Waals surface area contributed by atoms with Crippen molar-refractivity contribution in [3.63, 3.8) is 0 Å². The van der Waals surface area contributed by atoms with E-state index in [1.807, 2.05) is 0 Å². The Morgan fingerprint density at radius 3 is 2.81 bits per heavy atom. The number of nitrogens with zero attached hydrogens (tertiary/aromatic N) is 4. The van der Waals surface area contributed by atoms with E-state index in [-0.39, 0.29) is 11.6 Å². The van der Waals surface area contributed by atoms with E-state index in [0.29, 0.717) is 12.2 Å². The smallest absolute Gasteiger partial charge is 0.307 e. The Hall–Kier alpha value is -2.29. The maximum Gasteiger partial charge on any atom is 0.307 e. The second kappa shape index (κ2) is 6.44. The summed E-state index contributed by atoms with van der Waals surface area (Å²) in [5.41, 5.74) is -0.150. The molecule has 2 aromatic heterocycles. The van der Waals surface area contributed by atoms with Gasteiger partial charge in [-0.25, -0.2) is 4.98 Å². The molecule has 0 fully saturated rings. The summed E-state index contributed by atoms with van der Waals surface area (Å²) in [6, 6.07) is 2.77. The molecule has 2 aromatic rings. The molecule has 0 spiro atoms. The number of anilines is 1. The molecule has 0 aliphatic carbocycles. The van der Waals surface area contributed by atoms with Crippen molar-refractivity contribution in [2.24, 2.45) is 0 Å². The monoisotopic (exact) mass is 353 g/mol. The van der Waals surface area contributed by atoms with Crippen molar-refractivity contribution in [1.29, 1.82) is 0 Å². The van der Waals surface area contributed by atoms with Crippen LogP contribution in [0.3, 0.4) is 0 Å². The normalized spacial score (nSPS) is 11.9. The number of carbonyl (C=O) groups excluding carboxylic acids is 1. The quantitative estimate of drug-likeness (QED) is 0.657. The molecule has 1 atom stereocenters. The SMILES string of the molecule is CCC(C(=O)Nc1ccc(Br)cn1)n1cc([N+](=O)[O-])cn1. The average Bonchev–Trinajstić information content (AvgIpc) is 2.92. The number of nitro groups is 1. The lowest BCUT2D eigenvalue weighted by Crippen LogP contribution is -2.26. The Kier molecular flexibility index (Phi) is 4.63. The van der Waals surface area contributed by atoms with Crippen molar-refractivity contribution in [3.8, 4) is 0 Å². The number of hydrogen-bond acceptors (Lipinski definition) is 5. The van der Waals surface area contributed by atoms with Crippen LogP contribution in [0.15, 0.2) is 35.2 Å². The van der Waals surface area contributed by atoms with Gasteiger partial charge in [-0.3, -0.25) is 19.6 Å². The van der Waals surface area contributed by atoms with Gasteiger partial charge in [0.25, 0.3) is 0 Å². The third kappa shape index (κ3) is 3.63. The van der Waals surface area contributed by atoms with E-state index in [1.165, 1.54) is 10.9 Å². The number of pyridine rings is 1. The largest absolute Gasteiger partial charge is 0.309 e. The highest BCUT2D eigenvalue weighted by Crippen LogP contribution is 2.18. The fourth-order valence-electron chi connectivity index (χ4n) is 1.74. The van der Waals surface area contributed by atoms with Crippen molar-refractivity contribution in [2.45, 2.75) is 19.4 Å². The molecule has 0 aliphatic heterocycles. The fraction of sp³-hybridized carbons (Fsp3) is 0.250. The molecular weight excluding hydrogens is 342 g/mol. The van der Waals surface area contributed by atoms with Crippen molar-refractivity contribution in [2.75, 3.05) is 5.32 Å². The minimum atomic E-state index is -0.635. The van der Waals surface area contributed by atoms with Gasteiger partial charge in [0, 0.05) is 10.7 Å². The van der Waals surface area contributed by atoms with Crippen LogP contribution < -0.4 is 5.32 Å². The van der Waals surface area contributed by atoms with E-state index in [2.05, 4.69) is 31.3 Å². The first-order valence-corrected chi connectivity index (χ1v) is 6.91. The molecule has 1 unspecified atom stereocenters. The van der Waals surface area contributed by atoms with E-state index in [1.54, 1.807) is 25.3 Å². The number of aromatic nitrogens is 3. The third-order valence-corrected chi connectivity index (χ3v) is 3.26. The molecule has 0 radical (unpaired) electrons. The first kappa shape index (κ1) is 15.1. The molecule has 2 rings (SSSR count). The van der Waals surface area contributed by atoms with E-state index < -0.39 is 11.0 Å². The fourth-order valence-corrected chi connectivity index (χ4v) is 1.98. The lowest BCUT2D eigenvalue weighted by molar-refractivity contribution is -0.385. The van der Waals surface area contributed by atoms with E-state index in [4.69, 9.17) is 0 Å². The average molecular weight is 354 g/mol. The van der Waals surface area contributed by atoms with E-state index in [9.17, 15) is 14.9 Å². The van der Waals surface area contributed by atoms with E-state index in [0.717, 1.165) is 10.7 Å². The van der Waals surface area contributed by atoms with Crippen LogP contribution in [0.25, 0.3) is 0 Å². The van der Waals surface area contributed by atoms with Gasteiger partial charge in [-0.2, -0.15) is 5.10 Å². The first-order chi connectivity index (χ1) is 10.0. The number of hydrogen-bond donors (Lipinski definition) is 1. The Morgan fingerprint density at radius 1 is 1.52 bits per heavy atom. The van der Waals surface area contributed by atoms with Gasteiger partial charge in [-0.1, -0.05) is 6.92 Å². The maximum atomic E-state index is 12.2. The summed E-state index contributed by atoms with van der Waals surface area (Å²) in [7, 11) is 0. The van der Waals surface area contributed by atoms with Gasteiger partial charge in [-0.05, 0) is 34.5 Å². The zero-order valence-corrected chi connectivity index (χ0v) is 12.6. The summed E-state index contributed by atoms with van der Waals surface area (Å²) in [4.78, 5) is 26.4. The Labute approximate surface area is 128 Å². The van der Waals surface area contributed by atoms with Gasteiger partial charge >= 0.3 is 5.69 Å². The van der Waals surface area contributed by atoms with Crippen molar-refractivity contribution < 1.29 is 9.72 Å². The molecule has 0 saturated heterocycles. The number of amides is 1. The predicted octanol–water partition coefficient (Wildman–Crippen LogP) is 2.54. The van der Waals surface area contributed by atoms with Gasteiger partial charge < -0.3 is 5.32 Å². The second-order valence-electron chi connectivity index (χ2n) is 4.21. The molecule has 0 saturated carbocycles. The van der Waals surface area contributed by atoms with Crippen LogP contribution >= 0.6 is 15.9 Å². The third-order valence-electron chi connectivity index (χ3n) is 2.79. The molecule has 0 aromatic carbocycles.